The average Bonchev–Trinajstić information content (AvgIpc) is 2.84. The molecule has 0 saturated heterocycles. The predicted octanol–water partition coefficient (Wildman–Crippen LogP) is 2.38. The molecule has 0 saturated carbocycles. The molecule has 0 aromatic carbocycles. The molecule has 0 spiro atoms. The third-order valence-corrected chi connectivity index (χ3v) is 3.19. The molecule has 0 radical (unpaired) electrons. The summed E-state index contributed by atoms with van der Waals surface area (Å²) < 4.78 is 1.47. The number of H-pyrrole nitrogens is 1. The minimum atomic E-state index is -0.133. The van der Waals surface area contributed by atoms with Crippen molar-refractivity contribution in [2.75, 3.05) is 0 Å². The Balaban J connectivity index is 2.22. The van der Waals surface area contributed by atoms with E-state index in [1.165, 1.54) is 10.6 Å². The Hall–Kier alpha value is -2.43. The summed E-state index contributed by atoms with van der Waals surface area (Å²) in [4.78, 5) is 20.9. The van der Waals surface area contributed by atoms with Crippen LogP contribution < -0.4 is 5.56 Å². The number of pyridine rings is 1. The second-order valence-electron chi connectivity index (χ2n) is 5.81. The summed E-state index contributed by atoms with van der Waals surface area (Å²) in [5.74, 6) is 0. The zero-order valence-corrected chi connectivity index (χ0v) is 11.7. The molecule has 0 aliphatic heterocycles. The average molecular weight is 268 g/mol. The highest BCUT2D eigenvalue weighted by Gasteiger charge is 2.18. The highest BCUT2D eigenvalue weighted by atomic mass is 16.1. The number of nitrogens with one attached hydrogen (secondary N) is 1. The fourth-order valence-electron chi connectivity index (χ4n) is 2.02. The van der Waals surface area contributed by atoms with Gasteiger partial charge in [-0.25, -0.2) is 9.50 Å². The molecule has 3 aromatic heterocycles. The highest BCUT2D eigenvalue weighted by Crippen LogP contribution is 2.21. The molecule has 5 heteroatoms. The fourth-order valence-corrected chi connectivity index (χ4v) is 2.02. The first-order valence-corrected chi connectivity index (χ1v) is 6.50. The van der Waals surface area contributed by atoms with E-state index < -0.39 is 0 Å². The Labute approximate surface area is 116 Å². The Morgan fingerprint density at radius 2 is 1.95 bits per heavy atom. The summed E-state index contributed by atoms with van der Waals surface area (Å²) in [6, 6.07) is 8.97. The van der Waals surface area contributed by atoms with Gasteiger partial charge in [-0.3, -0.25) is 14.9 Å². The molecule has 102 valence electrons. The van der Waals surface area contributed by atoms with Crippen molar-refractivity contribution in [1.82, 2.24) is 19.6 Å². The Morgan fingerprint density at radius 1 is 1.15 bits per heavy atom. The van der Waals surface area contributed by atoms with E-state index in [0.717, 1.165) is 5.69 Å². The maximum atomic E-state index is 12.2. The predicted molar refractivity (Wildman–Crippen MR) is 77.7 cm³/mol. The number of nitrogens with zero attached hydrogens (tertiary/aromatic N) is 3. The number of fused-ring (bicyclic) bond motifs is 1. The summed E-state index contributed by atoms with van der Waals surface area (Å²) in [6.07, 6.45) is 1.69. The van der Waals surface area contributed by atoms with Crippen molar-refractivity contribution >= 4 is 5.65 Å². The third-order valence-electron chi connectivity index (χ3n) is 3.19. The van der Waals surface area contributed by atoms with Crippen LogP contribution in [0.5, 0.6) is 0 Å². The lowest BCUT2D eigenvalue weighted by molar-refractivity contribution is 0.561. The smallest absolute Gasteiger partial charge is 0.273 e. The van der Waals surface area contributed by atoms with Gasteiger partial charge in [0.1, 0.15) is 0 Å². The number of rotatable bonds is 1. The lowest BCUT2D eigenvalue weighted by Gasteiger charge is -2.14. The van der Waals surface area contributed by atoms with E-state index >= 15 is 0 Å². The minimum Gasteiger partial charge on any atom is -0.293 e. The first-order valence-electron chi connectivity index (χ1n) is 6.50. The number of aromatic amines is 1. The van der Waals surface area contributed by atoms with Gasteiger partial charge in [-0.1, -0.05) is 26.8 Å². The van der Waals surface area contributed by atoms with Gasteiger partial charge in [-0.15, -0.1) is 0 Å². The van der Waals surface area contributed by atoms with E-state index in [4.69, 9.17) is 0 Å². The fraction of sp³-hybridized carbons (Fsp3) is 0.267. The Bertz CT molecular complexity index is 809. The van der Waals surface area contributed by atoms with Crippen LogP contribution in [0.3, 0.4) is 0 Å². The van der Waals surface area contributed by atoms with Gasteiger partial charge in [-0.2, -0.15) is 0 Å². The van der Waals surface area contributed by atoms with E-state index in [0.29, 0.717) is 17.0 Å². The van der Waals surface area contributed by atoms with Gasteiger partial charge in [0.2, 0.25) is 0 Å². The van der Waals surface area contributed by atoms with Gasteiger partial charge in [-0.05, 0) is 12.1 Å². The topological polar surface area (TPSA) is 63.1 Å². The van der Waals surface area contributed by atoms with Crippen LogP contribution in [0.15, 0.2) is 41.3 Å². The van der Waals surface area contributed by atoms with Crippen molar-refractivity contribution < 1.29 is 0 Å². The molecule has 0 unspecified atom stereocenters. The standard InChI is InChI=1S/C15H16N4O/c1-15(2,3)12-9-13-17-11(8-14(20)19(13)18-12)10-6-4-5-7-16-10/h4-9,18H,1-3H3. The quantitative estimate of drug-likeness (QED) is 0.737. The van der Waals surface area contributed by atoms with Gasteiger partial charge in [0.15, 0.2) is 5.65 Å². The summed E-state index contributed by atoms with van der Waals surface area (Å²) >= 11 is 0. The second-order valence-corrected chi connectivity index (χ2v) is 5.81. The van der Waals surface area contributed by atoms with Crippen LogP contribution in [0.4, 0.5) is 0 Å². The molecule has 0 fully saturated rings. The minimum absolute atomic E-state index is 0.0642. The largest absolute Gasteiger partial charge is 0.293 e. The van der Waals surface area contributed by atoms with Crippen LogP contribution in [-0.2, 0) is 5.41 Å². The van der Waals surface area contributed by atoms with Gasteiger partial charge in [0, 0.05) is 29.4 Å². The van der Waals surface area contributed by atoms with Crippen molar-refractivity contribution in [1.29, 1.82) is 0 Å². The van der Waals surface area contributed by atoms with Gasteiger partial charge in [0.05, 0.1) is 11.4 Å². The number of hydrogen-bond acceptors (Lipinski definition) is 3. The van der Waals surface area contributed by atoms with Gasteiger partial charge < -0.3 is 0 Å². The molecule has 3 rings (SSSR count). The maximum absolute atomic E-state index is 12.2. The third kappa shape index (κ3) is 2.11. The summed E-state index contributed by atoms with van der Waals surface area (Å²) in [5, 5.41) is 3.10. The van der Waals surface area contributed by atoms with E-state index in [9.17, 15) is 4.79 Å². The van der Waals surface area contributed by atoms with Crippen molar-refractivity contribution in [3.8, 4) is 11.4 Å². The molecule has 3 heterocycles. The first-order chi connectivity index (χ1) is 9.45. The number of hydrogen-bond donors (Lipinski definition) is 1. The lowest BCUT2D eigenvalue weighted by atomic mass is 9.93. The first kappa shape index (κ1) is 12.6. The van der Waals surface area contributed by atoms with E-state index in [-0.39, 0.29) is 11.0 Å². The molecule has 0 aliphatic rings. The molecular weight excluding hydrogens is 252 g/mol. The molecule has 1 N–H and O–H groups in total. The SMILES string of the molecule is CC(C)(C)c1cc2nc(-c3ccccn3)cc(=O)n2[nH]1. The molecule has 0 aliphatic carbocycles. The Morgan fingerprint density at radius 3 is 2.60 bits per heavy atom. The summed E-state index contributed by atoms with van der Waals surface area (Å²) in [6.45, 7) is 6.26. The zero-order valence-electron chi connectivity index (χ0n) is 11.7. The van der Waals surface area contributed by atoms with Crippen molar-refractivity contribution in [3.63, 3.8) is 0 Å². The molecule has 0 atom stereocenters. The molecular formula is C15H16N4O. The maximum Gasteiger partial charge on any atom is 0.273 e. The van der Waals surface area contributed by atoms with Crippen LogP contribution in [0.1, 0.15) is 26.5 Å². The molecule has 3 aromatic rings. The van der Waals surface area contributed by atoms with Crippen LogP contribution in [-0.4, -0.2) is 19.6 Å². The van der Waals surface area contributed by atoms with E-state index in [2.05, 4.69) is 35.8 Å². The van der Waals surface area contributed by atoms with Gasteiger partial charge in [0.25, 0.3) is 5.56 Å². The lowest BCUT2D eigenvalue weighted by Crippen LogP contribution is -2.17. The molecule has 0 bridgehead atoms. The van der Waals surface area contributed by atoms with E-state index in [1.54, 1.807) is 6.20 Å². The second kappa shape index (κ2) is 4.30. The molecule has 5 nitrogen and oxygen atoms in total. The number of aromatic nitrogens is 4. The monoisotopic (exact) mass is 268 g/mol. The summed E-state index contributed by atoms with van der Waals surface area (Å²) in [7, 11) is 0. The van der Waals surface area contributed by atoms with Crippen molar-refractivity contribution in [2.45, 2.75) is 26.2 Å². The van der Waals surface area contributed by atoms with Crippen LogP contribution in [0.25, 0.3) is 17.0 Å². The highest BCUT2D eigenvalue weighted by molar-refractivity contribution is 5.57. The van der Waals surface area contributed by atoms with Crippen molar-refractivity contribution in [3.05, 3.63) is 52.6 Å². The summed E-state index contributed by atoms with van der Waals surface area (Å²) in [5.41, 5.74) is 2.68. The normalized spacial score (nSPS) is 11.9. The zero-order chi connectivity index (χ0) is 14.3. The molecule has 20 heavy (non-hydrogen) atoms. The van der Waals surface area contributed by atoms with Crippen LogP contribution in [0, 0.1) is 0 Å². The Kier molecular flexibility index (Phi) is 2.71. The molecule has 0 amide bonds. The van der Waals surface area contributed by atoms with Gasteiger partial charge >= 0.3 is 0 Å². The van der Waals surface area contributed by atoms with Crippen LogP contribution in [0.2, 0.25) is 0 Å². The van der Waals surface area contributed by atoms with Crippen LogP contribution >= 0.6 is 0 Å². The van der Waals surface area contributed by atoms with Crippen molar-refractivity contribution in [2.24, 2.45) is 0 Å². The van der Waals surface area contributed by atoms with E-state index in [1.807, 2.05) is 24.3 Å².